The minimum atomic E-state index is -0.228. The molecule has 0 atom stereocenters. The topological polar surface area (TPSA) is 92.7 Å². The van der Waals surface area contributed by atoms with E-state index in [2.05, 4.69) is 30.6 Å². The molecule has 2 aromatic heterocycles. The van der Waals surface area contributed by atoms with Crippen molar-refractivity contribution in [2.45, 2.75) is 6.42 Å². The van der Waals surface area contributed by atoms with Gasteiger partial charge >= 0.3 is 0 Å². The highest BCUT2D eigenvalue weighted by Gasteiger charge is 2.12. The Balaban J connectivity index is 1.81. The molecule has 2 N–H and O–H groups in total. The van der Waals surface area contributed by atoms with Crippen LogP contribution in [0.15, 0.2) is 36.9 Å². The molecule has 2 heterocycles. The lowest BCUT2D eigenvalue weighted by molar-refractivity contribution is 0.0960. The lowest BCUT2D eigenvalue weighted by atomic mass is 10.1. The number of carbonyl (C=O) groups excluding carboxylic acids is 1. The maximum absolute atomic E-state index is 11.9. The molecular formula is C16H15ClN6O. The minimum Gasteiger partial charge on any atom is -0.370 e. The molecule has 122 valence electrons. The Morgan fingerprint density at radius 3 is 2.79 bits per heavy atom. The second kappa shape index (κ2) is 7.18. The second-order valence-electron chi connectivity index (χ2n) is 5.02. The first-order valence-electron chi connectivity index (χ1n) is 7.35. The van der Waals surface area contributed by atoms with Gasteiger partial charge in [-0.15, -0.1) is 0 Å². The van der Waals surface area contributed by atoms with Gasteiger partial charge in [0, 0.05) is 25.0 Å². The maximum Gasteiger partial charge on any atom is 0.270 e. The maximum atomic E-state index is 11.9. The molecule has 8 heteroatoms. The van der Waals surface area contributed by atoms with Crippen LogP contribution >= 0.6 is 11.6 Å². The Labute approximate surface area is 143 Å². The highest BCUT2D eigenvalue weighted by atomic mass is 35.5. The average molecular weight is 343 g/mol. The van der Waals surface area contributed by atoms with E-state index in [1.807, 2.05) is 18.2 Å². The number of halogens is 1. The number of nitrogens with one attached hydrogen (secondary N) is 2. The van der Waals surface area contributed by atoms with Gasteiger partial charge in [0.1, 0.15) is 29.3 Å². The standard InChI is InChI=1S/C16H15ClN6O/c1-18-16(24)15-11-4-2-3-10(14(11)22-9-23-15)5-6-19-13-7-12(17)20-8-21-13/h2-4,7-9H,5-6H2,1H3,(H,18,24)(H,19,20,21). The largest absolute Gasteiger partial charge is 0.370 e. The summed E-state index contributed by atoms with van der Waals surface area (Å²) >= 11 is 5.83. The quantitative estimate of drug-likeness (QED) is 0.690. The van der Waals surface area contributed by atoms with Crippen LogP contribution in [0.1, 0.15) is 16.1 Å². The molecule has 0 aliphatic heterocycles. The Kier molecular flexibility index (Phi) is 4.81. The predicted molar refractivity (Wildman–Crippen MR) is 92.2 cm³/mol. The summed E-state index contributed by atoms with van der Waals surface area (Å²) in [6.07, 6.45) is 3.53. The predicted octanol–water partition coefficient (Wildman–Crippen LogP) is 2.09. The number of hydrogen-bond donors (Lipinski definition) is 2. The van der Waals surface area contributed by atoms with Crippen molar-refractivity contribution in [2.75, 3.05) is 18.9 Å². The van der Waals surface area contributed by atoms with Crippen molar-refractivity contribution in [3.05, 3.63) is 53.3 Å². The smallest absolute Gasteiger partial charge is 0.270 e. The van der Waals surface area contributed by atoms with Crippen LogP contribution in [0, 0.1) is 0 Å². The fourth-order valence-electron chi connectivity index (χ4n) is 2.41. The van der Waals surface area contributed by atoms with Crippen LogP contribution in [0.25, 0.3) is 10.9 Å². The zero-order valence-corrected chi connectivity index (χ0v) is 13.7. The summed E-state index contributed by atoms with van der Waals surface area (Å²) < 4.78 is 0. The number of aromatic nitrogens is 4. The summed E-state index contributed by atoms with van der Waals surface area (Å²) in [6, 6.07) is 7.39. The van der Waals surface area contributed by atoms with Gasteiger partial charge in [-0.3, -0.25) is 4.79 Å². The van der Waals surface area contributed by atoms with Crippen LogP contribution in [0.5, 0.6) is 0 Å². The molecule has 0 saturated carbocycles. The third kappa shape index (κ3) is 3.41. The van der Waals surface area contributed by atoms with Crippen molar-refractivity contribution in [1.29, 1.82) is 0 Å². The zero-order chi connectivity index (χ0) is 16.9. The summed E-state index contributed by atoms with van der Waals surface area (Å²) in [7, 11) is 1.58. The van der Waals surface area contributed by atoms with Gasteiger partial charge in [0.25, 0.3) is 5.91 Å². The fraction of sp³-hybridized carbons (Fsp3) is 0.188. The Morgan fingerprint density at radius 2 is 2.00 bits per heavy atom. The molecule has 24 heavy (non-hydrogen) atoms. The molecule has 0 saturated heterocycles. The van der Waals surface area contributed by atoms with Gasteiger partial charge in [-0.25, -0.2) is 19.9 Å². The van der Waals surface area contributed by atoms with Crippen molar-refractivity contribution < 1.29 is 4.79 Å². The van der Waals surface area contributed by atoms with Gasteiger partial charge in [0.2, 0.25) is 0 Å². The van der Waals surface area contributed by atoms with Crippen molar-refractivity contribution in [3.8, 4) is 0 Å². The molecule has 0 unspecified atom stereocenters. The first-order chi connectivity index (χ1) is 11.7. The van der Waals surface area contributed by atoms with Gasteiger partial charge in [0.15, 0.2) is 0 Å². The highest BCUT2D eigenvalue weighted by molar-refractivity contribution is 6.29. The number of hydrogen-bond acceptors (Lipinski definition) is 6. The molecule has 0 aliphatic rings. The van der Waals surface area contributed by atoms with Gasteiger partial charge < -0.3 is 10.6 Å². The van der Waals surface area contributed by atoms with E-state index < -0.39 is 0 Å². The SMILES string of the molecule is CNC(=O)c1ncnc2c(CCNc3cc(Cl)ncn3)cccc12. The monoisotopic (exact) mass is 342 g/mol. The third-order valence-electron chi connectivity index (χ3n) is 3.52. The molecule has 1 aromatic carbocycles. The summed E-state index contributed by atoms with van der Waals surface area (Å²) in [6.45, 7) is 0.645. The van der Waals surface area contributed by atoms with Crippen LogP contribution in [0.4, 0.5) is 5.82 Å². The zero-order valence-electron chi connectivity index (χ0n) is 13.0. The summed E-state index contributed by atoms with van der Waals surface area (Å²) in [5.74, 6) is 0.434. The molecule has 0 radical (unpaired) electrons. The van der Waals surface area contributed by atoms with E-state index in [1.165, 1.54) is 12.7 Å². The Bertz CT molecular complexity index is 885. The third-order valence-corrected chi connectivity index (χ3v) is 3.73. The Morgan fingerprint density at radius 1 is 1.17 bits per heavy atom. The van der Waals surface area contributed by atoms with E-state index in [0.717, 1.165) is 16.5 Å². The highest BCUT2D eigenvalue weighted by Crippen LogP contribution is 2.19. The summed E-state index contributed by atoms with van der Waals surface area (Å²) in [5.41, 5.74) is 2.17. The molecule has 7 nitrogen and oxygen atoms in total. The van der Waals surface area contributed by atoms with Gasteiger partial charge in [0.05, 0.1) is 5.52 Å². The number of para-hydroxylation sites is 1. The molecule has 0 bridgehead atoms. The van der Waals surface area contributed by atoms with E-state index in [0.29, 0.717) is 29.6 Å². The number of amides is 1. The minimum absolute atomic E-state index is 0.228. The normalized spacial score (nSPS) is 10.6. The Hall–Kier alpha value is -2.80. The number of nitrogens with zero attached hydrogens (tertiary/aromatic N) is 4. The molecule has 0 fully saturated rings. The van der Waals surface area contributed by atoms with Gasteiger partial charge in [-0.1, -0.05) is 29.8 Å². The van der Waals surface area contributed by atoms with E-state index in [4.69, 9.17) is 11.6 Å². The van der Waals surface area contributed by atoms with E-state index in [-0.39, 0.29) is 5.91 Å². The van der Waals surface area contributed by atoms with Crippen LogP contribution in [0.3, 0.4) is 0 Å². The number of anilines is 1. The molecule has 0 spiro atoms. The lowest BCUT2D eigenvalue weighted by Gasteiger charge is -2.09. The van der Waals surface area contributed by atoms with Crippen LogP contribution < -0.4 is 10.6 Å². The number of benzene rings is 1. The number of rotatable bonds is 5. The van der Waals surface area contributed by atoms with Crippen LogP contribution in [0.2, 0.25) is 5.15 Å². The van der Waals surface area contributed by atoms with E-state index in [1.54, 1.807) is 13.1 Å². The van der Waals surface area contributed by atoms with Gasteiger partial charge in [-0.05, 0) is 12.0 Å². The number of fused-ring (bicyclic) bond motifs is 1. The first-order valence-corrected chi connectivity index (χ1v) is 7.73. The van der Waals surface area contributed by atoms with E-state index >= 15 is 0 Å². The first kappa shape index (κ1) is 16.1. The summed E-state index contributed by atoms with van der Waals surface area (Å²) in [4.78, 5) is 28.3. The summed E-state index contributed by atoms with van der Waals surface area (Å²) in [5, 5.41) is 6.91. The van der Waals surface area contributed by atoms with Crippen molar-refractivity contribution >= 4 is 34.2 Å². The van der Waals surface area contributed by atoms with Crippen LogP contribution in [-0.2, 0) is 6.42 Å². The fourth-order valence-corrected chi connectivity index (χ4v) is 2.55. The average Bonchev–Trinajstić information content (AvgIpc) is 2.61. The lowest BCUT2D eigenvalue weighted by Crippen LogP contribution is -2.20. The molecular weight excluding hydrogens is 328 g/mol. The van der Waals surface area contributed by atoms with Gasteiger partial charge in [-0.2, -0.15) is 0 Å². The van der Waals surface area contributed by atoms with Crippen molar-refractivity contribution in [2.24, 2.45) is 0 Å². The number of carbonyl (C=O) groups is 1. The molecule has 3 aromatic rings. The molecule has 0 aliphatic carbocycles. The van der Waals surface area contributed by atoms with Crippen LogP contribution in [-0.4, -0.2) is 39.4 Å². The second-order valence-corrected chi connectivity index (χ2v) is 5.40. The molecule has 3 rings (SSSR count). The van der Waals surface area contributed by atoms with Crippen molar-refractivity contribution in [3.63, 3.8) is 0 Å². The van der Waals surface area contributed by atoms with E-state index in [9.17, 15) is 4.79 Å². The molecule has 1 amide bonds. The van der Waals surface area contributed by atoms with Crippen molar-refractivity contribution in [1.82, 2.24) is 25.3 Å².